The molecule has 0 aromatic heterocycles. The largest absolute Gasteiger partial charge is 0.396 e. The number of aliphatic hydroxyl groups excluding tert-OH is 6. The zero-order valence-corrected chi connectivity index (χ0v) is 7.56. The van der Waals surface area contributed by atoms with Gasteiger partial charge in [-0.25, -0.2) is 0 Å². The van der Waals surface area contributed by atoms with Gasteiger partial charge in [-0.15, -0.1) is 0 Å². The minimum atomic E-state index is -1.50. The molecule has 1 aliphatic carbocycles. The fourth-order valence-electron chi connectivity index (χ4n) is 1.90. The van der Waals surface area contributed by atoms with Crippen LogP contribution in [0.4, 0.5) is 0 Å². The second-order valence-corrected chi connectivity index (χ2v) is 3.66. The molecule has 84 valence electrons. The van der Waals surface area contributed by atoms with Gasteiger partial charge in [0.2, 0.25) is 0 Å². The van der Waals surface area contributed by atoms with Gasteiger partial charge in [-0.3, -0.25) is 0 Å². The first-order chi connectivity index (χ1) is 6.54. The summed E-state index contributed by atoms with van der Waals surface area (Å²) in [5.41, 5.74) is 0. The highest BCUT2D eigenvalue weighted by atomic mass is 16.4. The minimum absolute atomic E-state index is 0.465. The van der Waals surface area contributed by atoms with Gasteiger partial charge in [0.05, 0.1) is 12.2 Å². The Morgan fingerprint density at radius 2 is 0.857 bits per heavy atom. The van der Waals surface area contributed by atoms with E-state index in [0.717, 1.165) is 0 Å². The maximum atomic E-state index is 9.43. The summed E-state index contributed by atoms with van der Waals surface area (Å²) >= 11 is 0. The van der Waals surface area contributed by atoms with Crippen molar-refractivity contribution in [3.63, 3.8) is 0 Å². The molecule has 1 aliphatic rings. The average molecular weight is 208 g/mol. The Morgan fingerprint density at radius 1 is 0.571 bits per heavy atom. The van der Waals surface area contributed by atoms with Crippen LogP contribution in [-0.4, -0.2) is 68.3 Å². The molecule has 6 nitrogen and oxygen atoms in total. The first kappa shape index (κ1) is 11.8. The third kappa shape index (κ3) is 1.77. The lowest BCUT2D eigenvalue weighted by molar-refractivity contribution is -0.195. The van der Waals surface area contributed by atoms with Gasteiger partial charge in [-0.2, -0.15) is 0 Å². The van der Waals surface area contributed by atoms with Crippen molar-refractivity contribution in [3.8, 4) is 0 Å². The summed E-state index contributed by atoms with van der Waals surface area (Å²) in [5.74, 6) is -1.65. The lowest BCUT2D eigenvalue weighted by Gasteiger charge is -2.42. The molecule has 0 amide bonds. The van der Waals surface area contributed by atoms with Gasteiger partial charge in [0.1, 0.15) is 12.2 Å². The fourth-order valence-corrected chi connectivity index (χ4v) is 1.90. The molecule has 0 radical (unpaired) electrons. The first-order valence-corrected chi connectivity index (χ1v) is 4.48. The molecule has 14 heavy (non-hydrogen) atoms. The van der Waals surface area contributed by atoms with Crippen LogP contribution in [0.5, 0.6) is 0 Å². The molecule has 6 atom stereocenters. The lowest BCUT2D eigenvalue weighted by atomic mass is 9.73. The molecule has 6 heteroatoms. The van der Waals surface area contributed by atoms with Crippen LogP contribution >= 0.6 is 0 Å². The van der Waals surface area contributed by atoms with Crippen LogP contribution in [0.2, 0.25) is 0 Å². The maximum Gasteiger partial charge on any atom is 0.109 e. The summed E-state index contributed by atoms with van der Waals surface area (Å²) in [6.07, 6.45) is -5.67. The van der Waals surface area contributed by atoms with Gasteiger partial charge in [0.25, 0.3) is 0 Å². The molecule has 1 saturated carbocycles. The third-order valence-electron chi connectivity index (χ3n) is 2.90. The van der Waals surface area contributed by atoms with Crippen molar-refractivity contribution in [2.45, 2.75) is 24.4 Å². The van der Waals surface area contributed by atoms with Crippen molar-refractivity contribution < 1.29 is 30.6 Å². The Bertz CT molecular complexity index is 167. The van der Waals surface area contributed by atoms with E-state index in [0.29, 0.717) is 0 Å². The van der Waals surface area contributed by atoms with Crippen molar-refractivity contribution in [1.29, 1.82) is 0 Å². The molecule has 1 fully saturated rings. The lowest BCUT2D eigenvalue weighted by Crippen LogP contribution is -2.60. The van der Waals surface area contributed by atoms with Gasteiger partial charge < -0.3 is 30.6 Å². The molecule has 0 aromatic carbocycles. The van der Waals surface area contributed by atoms with Crippen LogP contribution in [0.15, 0.2) is 0 Å². The van der Waals surface area contributed by atoms with E-state index in [9.17, 15) is 20.4 Å². The highest BCUT2D eigenvalue weighted by molar-refractivity contribution is 4.97. The van der Waals surface area contributed by atoms with Crippen molar-refractivity contribution in [3.05, 3.63) is 0 Å². The quantitative estimate of drug-likeness (QED) is 0.282. The predicted octanol–water partition coefficient (Wildman–Crippen LogP) is -3.34. The molecule has 0 bridgehead atoms. The Hall–Kier alpha value is -0.240. The summed E-state index contributed by atoms with van der Waals surface area (Å²) in [5, 5.41) is 55.2. The van der Waals surface area contributed by atoms with E-state index >= 15 is 0 Å². The average Bonchev–Trinajstić information content (AvgIpc) is 2.20. The van der Waals surface area contributed by atoms with Crippen molar-refractivity contribution >= 4 is 0 Å². The molecule has 0 aromatic rings. The Morgan fingerprint density at radius 3 is 1.07 bits per heavy atom. The summed E-state index contributed by atoms with van der Waals surface area (Å²) in [4.78, 5) is 0. The monoisotopic (exact) mass is 208 g/mol. The zero-order valence-electron chi connectivity index (χ0n) is 7.56. The molecule has 0 spiro atoms. The Kier molecular flexibility index (Phi) is 3.82. The smallest absolute Gasteiger partial charge is 0.109 e. The van der Waals surface area contributed by atoms with Crippen molar-refractivity contribution in [1.82, 2.24) is 0 Å². The topological polar surface area (TPSA) is 121 Å². The van der Waals surface area contributed by atoms with Crippen LogP contribution in [-0.2, 0) is 0 Å². The Labute approximate surface area is 81.1 Å². The standard InChI is InChI=1S/C8H16O6/c9-1-3-4(2-10)6(12)8(14)7(13)5(3)11/h3-14H,1-2H2/t3-,4+,5-,6+,7+,8-. The van der Waals surface area contributed by atoms with E-state index in [1.165, 1.54) is 0 Å². The van der Waals surface area contributed by atoms with Crippen molar-refractivity contribution in [2.75, 3.05) is 13.2 Å². The Balaban J connectivity index is 2.84. The first-order valence-electron chi connectivity index (χ1n) is 4.48. The summed E-state index contributed by atoms with van der Waals surface area (Å²) in [6, 6.07) is 0. The van der Waals surface area contributed by atoms with Gasteiger partial charge in [-0.1, -0.05) is 0 Å². The van der Waals surface area contributed by atoms with Crippen LogP contribution in [0.25, 0.3) is 0 Å². The van der Waals surface area contributed by atoms with E-state index in [1.807, 2.05) is 0 Å². The maximum absolute atomic E-state index is 9.43. The third-order valence-corrected chi connectivity index (χ3v) is 2.90. The van der Waals surface area contributed by atoms with Crippen LogP contribution in [0.1, 0.15) is 0 Å². The van der Waals surface area contributed by atoms with E-state index in [4.69, 9.17) is 10.2 Å². The molecule has 0 saturated heterocycles. The molecule has 1 rings (SSSR count). The fraction of sp³-hybridized carbons (Fsp3) is 1.00. The zero-order chi connectivity index (χ0) is 10.9. The van der Waals surface area contributed by atoms with E-state index in [-0.39, 0.29) is 0 Å². The van der Waals surface area contributed by atoms with Gasteiger partial charge in [0.15, 0.2) is 0 Å². The summed E-state index contributed by atoms with van der Waals surface area (Å²) in [6.45, 7) is -0.930. The molecular formula is C8H16O6. The minimum Gasteiger partial charge on any atom is -0.396 e. The van der Waals surface area contributed by atoms with E-state index in [2.05, 4.69) is 0 Å². The van der Waals surface area contributed by atoms with Gasteiger partial charge >= 0.3 is 0 Å². The van der Waals surface area contributed by atoms with Gasteiger partial charge in [0, 0.05) is 25.0 Å². The molecule has 0 heterocycles. The molecule has 0 unspecified atom stereocenters. The second-order valence-electron chi connectivity index (χ2n) is 3.66. The highest BCUT2D eigenvalue weighted by Crippen LogP contribution is 2.30. The van der Waals surface area contributed by atoms with E-state index in [1.54, 1.807) is 0 Å². The number of hydrogen-bond donors (Lipinski definition) is 6. The second kappa shape index (κ2) is 4.52. The molecular weight excluding hydrogens is 192 g/mol. The van der Waals surface area contributed by atoms with Crippen molar-refractivity contribution in [2.24, 2.45) is 11.8 Å². The molecule has 6 N–H and O–H groups in total. The van der Waals surface area contributed by atoms with Gasteiger partial charge in [-0.05, 0) is 0 Å². The predicted molar refractivity (Wildman–Crippen MR) is 45.2 cm³/mol. The number of rotatable bonds is 2. The molecule has 0 aliphatic heterocycles. The number of hydrogen-bond acceptors (Lipinski definition) is 6. The summed E-state index contributed by atoms with van der Waals surface area (Å²) in [7, 11) is 0. The summed E-state index contributed by atoms with van der Waals surface area (Å²) < 4.78 is 0. The van der Waals surface area contributed by atoms with Crippen LogP contribution < -0.4 is 0 Å². The highest BCUT2D eigenvalue weighted by Gasteiger charge is 2.47. The SMILES string of the molecule is OC[C@@H]1[C@H](O)[C@@H](O)[C@@H](O)[C@H](O)[C@@H]1CO. The van der Waals surface area contributed by atoms with Crippen LogP contribution in [0.3, 0.4) is 0 Å². The normalized spacial score (nSPS) is 49.3. The van der Waals surface area contributed by atoms with E-state index < -0.39 is 49.5 Å². The number of aliphatic hydroxyl groups is 6. The van der Waals surface area contributed by atoms with Crippen LogP contribution in [0, 0.1) is 11.8 Å².